The largest absolute Gasteiger partial charge is 0.492 e. The number of carboxylic acids is 1. The Labute approximate surface area is 205 Å². The topological polar surface area (TPSA) is 88.8 Å². The van der Waals surface area contributed by atoms with E-state index in [4.69, 9.17) is 16.3 Å². The lowest BCUT2D eigenvalue weighted by Crippen LogP contribution is -2.32. The molecule has 1 aliphatic heterocycles. The van der Waals surface area contributed by atoms with E-state index in [-0.39, 0.29) is 34.9 Å². The fraction of sp³-hybridized carbons (Fsp3) is 0.160. The Bertz CT molecular complexity index is 1320. The predicted molar refractivity (Wildman–Crippen MR) is 132 cm³/mol. The van der Waals surface area contributed by atoms with Gasteiger partial charge in [0.25, 0.3) is 11.1 Å². The molecule has 0 spiro atoms. The van der Waals surface area contributed by atoms with Gasteiger partial charge in [0, 0.05) is 17.1 Å². The second kappa shape index (κ2) is 9.79. The van der Waals surface area contributed by atoms with Crippen LogP contribution in [0, 0.1) is 13.8 Å². The van der Waals surface area contributed by atoms with Crippen LogP contribution in [0.3, 0.4) is 0 Å². The van der Waals surface area contributed by atoms with E-state index >= 15 is 0 Å². The molecule has 0 saturated carbocycles. The zero-order valence-corrected chi connectivity index (χ0v) is 20.0. The third kappa shape index (κ3) is 4.73. The number of imide groups is 1. The molecule has 4 rings (SSSR count). The van der Waals surface area contributed by atoms with Gasteiger partial charge in [-0.05, 0) is 73.6 Å². The molecule has 3 aromatic rings. The molecular formula is C25H21ClN2O5S. The summed E-state index contributed by atoms with van der Waals surface area (Å²) in [6.07, 6.45) is 1.69. The molecule has 0 radical (unpaired) electrons. The number of para-hydroxylation sites is 1. The monoisotopic (exact) mass is 496 g/mol. The van der Waals surface area contributed by atoms with Crippen molar-refractivity contribution in [2.24, 2.45) is 0 Å². The Balaban J connectivity index is 1.54. The van der Waals surface area contributed by atoms with Crippen molar-refractivity contribution in [3.05, 3.63) is 87.0 Å². The summed E-state index contributed by atoms with van der Waals surface area (Å²) < 4.78 is 7.49. The number of thioether (sulfide) groups is 1. The summed E-state index contributed by atoms with van der Waals surface area (Å²) >= 11 is 6.90. The van der Waals surface area contributed by atoms with E-state index in [1.54, 1.807) is 18.2 Å². The first kappa shape index (κ1) is 23.7. The number of aromatic nitrogens is 1. The highest BCUT2D eigenvalue weighted by molar-refractivity contribution is 8.18. The Kier molecular flexibility index (Phi) is 6.81. The van der Waals surface area contributed by atoms with E-state index in [1.165, 1.54) is 11.0 Å². The number of hydrogen-bond acceptors (Lipinski definition) is 5. The molecule has 2 aromatic carbocycles. The number of hydrogen-bond donors (Lipinski definition) is 1. The predicted octanol–water partition coefficient (Wildman–Crippen LogP) is 5.56. The van der Waals surface area contributed by atoms with E-state index in [9.17, 15) is 19.5 Å². The molecule has 2 heterocycles. The van der Waals surface area contributed by atoms with Crippen LogP contribution >= 0.6 is 23.4 Å². The summed E-state index contributed by atoms with van der Waals surface area (Å²) in [6.45, 7) is 4.10. The maximum Gasteiger partial charge on any atom is 0.337 e. The van der Waals surface area contributed by atoms with Gasteiger partial charge in [0.05, 0.1) is 22.0 Å². The smallest absolute Gasteiger partial charge is 0.337 e. The molecule has 0 unspecified atom stereocenters. The van der Waals surface area contributed by atoms with Crippen molar-refractivity contribution >= 4 is 46.6 Å². The third-order valence-corrected chi connectivity index (χ3v) is 6.63. The van der Waals surface area contributed by atoms with Crippen LogP contribution in [-0.2, 0) is 4.79 Å². The van der Waals surface area contributed by atoms with Gasteiger partial charge in [-0.3, -0.25) is 14.5 Å². The van der Waals surface area contributed by atoms with Crippen molar-refractivity contribution in [3.63, 3.8) is 0 Å². The molecule has 0 aliphatic carbocycles. The SMILES string of the molecule is Cc1cc(/C=C2\SC(=O)N(CCOc3ccccc3)C2=O)c(C)n1-c1ccc(Cl)c(C(=O)O)c1. The van der Waals surface area contributed by atoms with E-state index in [2.05, 4.69) is 0 Å². The van der Waals surface area contributed by atoms with E-state index in [0.29, 0.717) is 16.3 Å². The number of carboxylic acid groups (broad SMARTS) is 1. The molecule has 1 saturated heterocycles. The quantitative estimate of drug-likeness (QED) is 0.431. The van der Waals surface area contributed by atoms with E-state index in [1.807, 2.05) is 54.8 Å². The number of amides is 2. The Morgan fingerprint density at radius 1 is 1.12 bits per heavy atom. The summed E-state index contributed by atoms with van der Waals surface area (Å²) in [4.78, 5) is 38.3. The van der Waals surface area contributed by atoms with Gasteiger partial charge in [0.1, 0.15) is 12.4 Å². The van der Waals surface area contributed by atoms with Crippen LogP contribution in [0.4, 0.5) is 4.79 Å². The number of ether oxygens (including phenoxy) is 1. The highest BCUT2D eigenvalue weighted by Crippen LogP contribution is 2.34. The number of nitrogens with zero attached hydrogens (tertiary/aromatic N) is 2. The first-order valence-electron chi connectivity index (χ1n) is 10.4. The zero-order valence-electron chi connectivity index (χ0n) is 18.4. The van der Waals surface area contributed by atoms with Crippen molar-refractivity contribution in [2.45, 2.75) is 13.8 Å². The first-order valence-corrected chi connectivity index (χ1v) is 11.6. The van der Waals surface area contributed by atoms with Gasteiger partial charge in [-0.15, -0.1) is 0 Å². The highest BCUT2D eigenvalue weighted by atomic mass is 35.5. The van der Waals surface area contributed by atoms with Crippen LogP contribution in [0.25, 0.3) is 11.8 Å². The molecule has 0 bridgehead atoms. The van der Waals surface area contributed by atoms with Crippen molar-refractivity contribution in [2.75, 3.05) is 13.2 Å². The van der Waals surface area contributed by atoms with Gasteiger partial charge in [-0.2, -0.15) is 0 Å². The highest BCUT2D eigenvalue weighted by Gasteiger charge is 2.35. The van der Waals surface area contributed by atoms with Crippen LogP contribution in [0.15, 0.2) is 59.5 Å². The van der Waals surface area contributed by atoms with Crippen LogP contribution in [0.5, 0.6) is 5.75 Å². The summed E-state index contributed by atoms with van der Waals surface area (Å²) in [5, 5.41) is 9.20. The number of aryl methyl sites for hydroxylation is 1. The van der Waals surface area contributed by atoms with Gasteiger partial charge in [0.15, 0.2) is 0 Å². The molecule has 7 nitrogen and oxygen atoms in total. The maximum atomic E-state index is 12.9. The third-order valence-electron chi connectivity index (χ3n) is 5.40. The first-order chi connectivity index (χ1) is 16.3. The number of carbonyl (C=O) groups is 3. The van der Waals surface area contributed by atoms with Gasteiger partial charge in [-0.25, -0.2) is 4.79 Å². The molecule has 0 atom stereocenters. The fourth-order valence-electron chi connectivity index (χ4n) is 3.75. The average molecular weight is 497 g/mol. The molecule has 1 aliphatic rings. The zero-order chi connectivity index (χ0) is 24.4. The minimum atomic E-state index is -1.11. The second-order valence-corrected chi connectivity index (χ2v) is 9.03. The number of aromatic carboxylic acids is 1. The molecule has 2 amide bonds. The Morgan fingerprint density at radius 2 is 1.85 bits per heavy atom. The molecule has 9 heteroatoms. The number of carbonyl (C=O) groups excluding carboxylic acids is 2. The summed E-state index contributed by atoms with van der Waals surface area (Å²) in [7, 11) is 0. The molecule has 174 valence electrons. The maximum absolute atomic E-state index is 12.9. The number of benzene rings is 2. The lowest BCUT2D eigenvalue weighted by atomic mass is 10.2. The lowest BCUT2D eigenvalue weighted by molar-refractivity contribution is -0.123. The van der Waals surface area contributed by atoms with Gasteiger partial charge >= 0.3 is 5.97 Å². The van der Waals surface area contributed by atoms with Crippen molar-refractivity contribution < 1.29 is 24.2 Å². The molecule has 1 aromatic heterocycles. The minimum Gasteiger partial charge on any atom is -0.492 e. The molecule has 1 N–H and O–H groups in total. The Hall–Kier alpha value is -3.49. The van der Waals surface area contributed by atoms with Crippen molar-refractivity contribution in [3.8, 4) is 11.4 Å². The summed E-state index contributed by atoms with van der Waals surface area (Å²) in [5.74, 6) is -0.804. The van der Waals surface area contributed by atoms with Gasteiger partial charge in [-0.1, -0.05) is 29.8 Å². The Morgan fingerprint density at radius 3 is 2.56 bits per heavy atom. The fourth-order valence-corrected chi connectivity index (χ4v) is 4.81. The van der Waals surface area contributed by atoms with E-state index < -0.39 is 5.97 Å². The van der Waals surface area contributed by atoms with Gasteiger partial charge in [0.2, 0.25) is 0 Å². The molecular weight excluding hydrogens is 476 g/mol. The van der Waals surface area contributed by atoms with Gasteiger partial charge < -0.3 is 14.4 Å². The molecule has 1 fully saturated rings. The van der Waals surface area contributed by atoms with Crippen LogP contribution < -0.4 is 4.74 Å². The summed E-state index contributed by atoms with van der Waals surface area (Å²) in [6, 6.07) is 15.9. The second-order valence-electron chi connectivity index (χ2n) is 7.63. The number of rotatable bonds is 7. The van der Waals surface area contributed by atoms with Crippen LogP contribution in [-0.4, -0.2) is 44.8 Å². The van der Waals surface area contributed by atoms with E-state index in [0.717, 1.165) is 28.7 Å². The van der Waals surface area contributed by atoms with Crippen molar-refractivity contribution in [1.82, 2.24) is 9.47 Å². The minimum absolute atomic E-state index is 0.00653. The number of halogens is 1. The normalized spacial score (nSPS) is 14.8. The van der Waals surface area contributed by atoms with Crippen molar-refractivity contribution in [1.29, 1.82) is 0 Å². The standard InChI is InChI=1S/C25H21ClN2O5S/c1-15-12-17(16(2)28(15)18-8-9-21(26)20(14-18)24(30)31)13-22-23(29)27(25(32)34-22)10-11-33-19-6-4-3-5-7-19/h3-9,12-14H,10-11H2,1-2H3,(H,30,31)/b22-13-. The summed E-state index contributed by atoms with van der Waals surface area (Å²) in [5.41, 5.74) is 3.05. The van der Waals surface area contributed by atoms with Crippen LogP contribution in [0.2, 0.25) is 5.02 Å². The molecule has 34 heavy (non-hydrogen) atoms. The average Bonchev–Trinajstić information content (AvgIpc) is 3.23. The van der Waals surface area contributed by atoms with Crippen LogP contribution in [0.1, 0.15) is 27.3 Å². The lowest BCUT2D eigenvalue weighted by Gasteiger charge is -2.13.